The summed E-state index contributed by atoms with van der Waals surface area (Å²) >= 11 is 0. The van der Waals surface area contributed by atoms with Crippen molar-refractivity contribution < 1.29 is 40.8 Å². The van der Waals surface area contributed by atoms with Gasteiger partial charge in [-0.25, -0.2) is 9.05 Å². The normalized spacial score (nSPS) is 15.0. The zero-order valence-corrected chi connectivity index (χ0v) is 29.4. The van der Waals surface area contributed by atoms with Crippen molar-refractivity contribution in [3.05, 3.63) is 69.9 Å². The van der Waals surface area contributed by atoms with Gasteiger partial charge in [0.2, 0.25) is 0 Å². The van der Waals surface area contributed by atoms with Gasteiger partial charge in [0.1, 0.15) is 12.8 Å². The number of carbonyl (C=O) groups excluding carboxylic acids is 2. The summed E-state index contributed by atoms with van der Waals surface area (Å²) in [5.41, 5.74) is 5.95. The van der Waals surface area contributed by atoms with E-state index in [9.17, 15) is 31.7 Å². The lowest BCUT2D eigenvalue weighted by Crippen LogP contribution is -2.28. The van der Waals surface area contributed by atoms with Gasteiger partial charge in [0.15, 0.2) is 11.6 Å². The van der Waals surface area contributed by atoms with E-state index in [1.165, 1.54) is 22.3 Å². The Balaban J connectivity index is 4.92. The van der Waals surface area contributed by atoms with Gasteiger partial charge in [-0.05, 0) is 119 Å². The van der Waals surface area contributed by atoms with Crippen molar-refractivity contribution in [3.63, 3.8) is 0 Å². The van der Waals surface area contributed by atoms with Crippen LogP contribution in [0.3, 0.4) is 0 Å². The topological polar surface area (TPSA) is 69.7 Å². The molecule has 0 aliphatic heterocycles. The molecule has 0 saturated heterocycles. The van der Waals surface area contributed by atoms with Crippen LogP contribution in [0, 0.1) is 0 Å². The molecule has 0 N–H and O–H groups in total. The maximum absolute atomic E-state index is 14.4. The zero-order valence-electron chi connectivity index (χ0n) is 28.5. The number of halogens is 4. The second kappa shape index (κ2) is 20.7. The number of rotatable bonds is 22. The van der Waals surface area contributed by atoms with Gasteiger partial charge in [-0.2, -0.15) is 17.6 Å². The van der Waals surface area contributed by atoms with Gasteiger partial charge in [-0.3, -0.25) is 14.2 Å². The van der Waals surface area contributed by atoms with E-state index >= 15 is 0 Å². The third-order valence-electron chi connectivity index (χ3n) is 6.42. The number of carbonyl (C=O) groups is 2. The molecule has 0 heterocycles. The number of allylic oxidation sites excluding steroid dienone is 12. The van der Waals surface area contributed by atoms with Crippen LogP contribution >= 0.6 is 7.60 Å². The van der Waals surface area contributed by atoms with E-state index in [0.29, 0.717) is 43.5 Å². The van der Waals surface area contributed by atoms with Crippen LogP contribution in [0.1, 0.15) is 120 Å². The molecule has 0 aromatic rings. The molecule has 45 heavy (non-hydrogen) atoms. The third-order valence-corrected chi connectivity index (χ3v) is 7.62. The third kappa shape index (κ3) is 24.5. The number of ketones is 2. The molecule has 0 aromatic carbocycles. The van der Waals surface area contributed by atoms with Crippen LogP contribution in [0.15, 0.2) is 69.9 Å². The molecular formula is C35H53F4O5P. The minimum Gasteiger partial charge on any atom is -0.295 e. The molecule has 10 heteroatoms. The molecule has 0 aromatic heterocycles. The Bertz CT molecular complexity index is 1120. The van der Waals surface area contributed by atoms with Gasteiger partial charge in [0.25, 0.3) is 0 Å². The number of alkyl halides is 4. The Morgan fingerprint density at radius 2 is 0.844 bits per heavy atom. The van der Waals surface area contributed by atoms with Crippen molar-refractivity contribution in [1.29, 1.82) is 0 Å². The second-order valence-electron chi connectivity index (χ2n) is 12.3. The second-order valence-corrected chi connectivity index (χ2v) is 14.2. The van der Waals surface area contributed by atoms with E-state index in [2.05, 4.69) is 21.2 Å². The summed E-state index contributed by atoms with van der Waals surface area (Å²) < 4.78 is 78.1. The molecule has 0 aliphatic rings. The van der Waals surface area contributed by atoms with Gasteiger partial charge in [-0.15, -0.1) is 0 Å². The average Bonchev–Trinajstić information content (AvgIpc) is 2.80. The standard InChI is InChI=1S/C35H53F4O5P/c1-26(2)14-10-16-28(5)18-12-20-30(7)22-32(40)24-34(36,37)43-45(9,42)44-35(38,39)25-33(41)23-31(8)21-13-19-29(6)17-11-15-27(3)4/h14-15,18-19,22-23H,10-13,16-17,20-21,24-25H2,1-9H3. The highest BCUT2D eigenvalue weighted by atomic mass is 31.2. The maximum atomic E-state index is 14.4. The highest BCUT2D eigenvalue weighted by Gasteiger charge is 2.46. The molecule has 0 radical (unpaired) electrons. The van der Waals surface area contributed by atoms with Crippen LogP contribution in [0.4, 0.5) is 17.6 Å². The van der Waals surface area contributed by atoms with Gasteiger partial charge < -0.3 is 0 Å². The maximum Gasteiger partial charge on any atom is 0.369 e. The Morgan fingerprint density at radius 1 is 0.556 bits per heavy atom. The average molecular weight is 661 g/mol. The minimum absolute atomic E-state index is 0.449. The quantitative estimate of drug-likeness (QED) is 0.0500. The first-order valence-electron chi connectivity index (χ1n) is 15.3. The summed E-state index contributed by atoms with van der Waals surface area (Å²) in [6.45, 7) is 15.8. The molecular weight excluding hydrogens is 607 g/mol. The fourth-order valence-corrected chi connectivity index (χ4v) is 5.38. The first-order chi connectivity index (χ1) is 20.6. The van der Waals surface area contributed by atoms with Crippen LogP contribution in [0.2, 0.25) is 0 Å². The van der Waals surface area contributed by atoms with Crippen LogP contribution in [0.5, 0.6) is 0 Å². The van der Waals surface area contributed by atoms with Gasteiger partial charge in [0.05, 0.1) is 0 Å². The van der Waals surface area contributed by atoms with E-state index in [1.807, 2.05) is 53.7 Å². The lowest BCUT2D eigenvalue weighted by molar-refractivity contribution is -0.215. The first-order valence-corrected chi connectivity index (χ1v) is 17.3. The zero-order chi connectivity index (χ0) is 34.8. The Hall–Kier alpha value is -2.35. The molecule has 0 unspecified atom stereocenters. The molecule has 0 amide bonds. The first kappa shape index (κ1) is 42.6. The Labute approximate surface area is 268 Å². The van der Waals surface area contributed by atoms with Crippen molar-refractivity contribution in [2.75, 3.05) is 6.66 Å². The highest BCUT2D eigenvalue weighted by Crippen LogP contribution is 2.54. The van der Waals surface area contributed by atoms with Crippen LogP contribution in [-0.4, -0.2) is 30.4 Å². The van der Waals surface area contributed by atoms with Crippen molar-refractivity contribution >= 4 is 19.2 Å². The lowest BCUT2D eigenvalue weighted by Gasteiger charge is -2.24. The largest absolute Gasteiger partial charge is 0.369 e. The summed E-state index contributed by atoms with van der Waals surface area (Å²) in [6, 6.07) is 0. The summed E-state index contributed by atoms with van der Waals surface area (Å²) in [7, 11) is -5.07. The molecule has 0 bridgehead atoms. The summed E-state index contributed by atoms with van der Waals surface area (Å²) in [5, 5.41) is 0. The van der Waals surface area contributed by atoms with Crippen molar-refractivity contribution in [3.8, 4) is 0 Å². The van der Waals surface area contributed by atoms with Crippen molar-refractivity contribution in [2.45, 2.75) is 132 Å². The van der Waals surface area contributed by atoms with Crippen LogP contribution in [-0.2, 0) is 23.2 Å². The van der Waals surface area contributed by atoms with Crippen LogP contribution in [0.25, 0.3) is 0 Å². The number of hydrogen-bond acceptors (Lipinski definition) is 5. The lowest BCUT2D eigenvalue weighted by atomic mass is 10.1. The van der Waals surface area contributed by atoms with Gasteiger partial charge >= 0.3 is 19.8 Å². The van der Waals surface area contributed by atoms with E-state index in [-0.39, 0.29) is 0 Å². The molecule has 5 nitrogen and oxygen atoms in total. The molecule has 0 saturated carbocycles. The van der Waals surface area contributed by atoms with E-state index in [0.717, 1.165) is 37.8 Å². The summed E-state index contributed by atoms with van der Waals surface area (Å²) in [5.74, 6) is -2.02. The Morgan fingerprint density at radius 3 is 1.16 bits per heavy atom. The molecule has 0 fully saturated rings. The fraction of sp³-hybridized carbons (Fsp3) is 0.600. The molecule has 256 valence electrons. The van der Waals surface area contributed by atoms with E-state index in [4.69, 9.17) is 0 Å². The summed E-state index contributed by atoms with van der Waals surface area (Å²) in [6.07, 6.45) is 4.57. The van der Waals surface area contributed by atoms with E-state index < -0.39 is 44.2 Å². The van der Waals surface area contributed by atoms with Crippen LogP contribution < -0.4 is 0 Å². The van der Waals surface area contributed by atoms with Gasteiger partial charge in [0, 0.05) is 6.66 Å². The monoisotopic (exact) mass is 660 g/mol. The molecule has 0 rings (SSSR count). The fourth-order valence-electron chi connectivity index (χ4n) is 4.24. The van der Waals surface area contributed by atoms with Gasteiger partial charge in [-0.1, -0.05) is 57.7 Å². The van der Waals surface area contributed by atoms with E-state index in [1.54, 1.807) is 13.8 Å². The van der Waals surface area contributed by atoms with Crippen molar-refractivity contribution in [2.24, 2.45) is 0 Å². The predicted octanol–water partition coefficient (Wildman–Crippen LogP) is 11.8. The molecule has 0 aliphatic carbocycles. The Kier molecular flexibility index (Phi) is 19.6. The summed E-state index contributed by atoms with van der Waals surface area (Å²) in [4.78, 5) is 24.4. The minimum atomic E-state index is -5.07. The smallest absolute Gasteiger partial charge is 0.295 e. The SMILES string of the molecule is CC(C)=CCCC(C)=CCCC(C)=CC(=O)CC(F)(F)OP(C)(=O)OC(F)(F)CC(=O)C=C(C)CCC=C(C)CCC=C(C)C. The molecule has 0 spiro atoms. The molecule has 0 atom stereocenters. The highest BCUT2D eigenvalue weighted by molar-refractivity contribution is 7.53. The van der Waals surface area contributed by atoms with Crippen molar-refractivity contribution in [1.82, 2.24) is 0 Å². The number of hydrogen-bond donors (Lipinski definition) is 0. The predicted molar refractivity (Wildman–Crippen MR) is 176 cm³/mol.